The molecule has 0 saturated carbocycles. The molecule has 0 amide bonds. The van der Waals surface area contributed by atoms with Gasteiger partial charge < -0.3 is 5.11 Å². The number of aliphatic hydroxyl groups is 1. The molecule has 0 aromatic rings. The summed E-state index contributed by atoms with van der Waals surface area (Å²) in [6.07, 6.45) is 23.7. The van der Waals surface area contributed by atoms with E-state index in [0.29, 0.717) is 5.92 Å². The summed E-state index contributed by atoms with van der Waals surface area (Å²) in [6, 6.07) is 0. The Hall–Kier alpha value is -0.560. The van der Waals surface area contributed by atoms with Crippen molar-refractivity contribution in [2.24, 2.45) is 5.92 Å². The maximum Gasteiger partial charge on any atom is 0.0542 e. The summed E-state index contributed by atoms with van der Waals surface area (Å²) in [7, 11) is 0. The normalized spacial score (nSPS) is 13.7. The molecular formula is C21H40O. The average Bonchev–Trinajstić information content (AvgIpc) is 2.47. The molecule has 1 heteroatoms. The van der Waals surface area contributed by atoms with E-state index in [1.807, 2.05) is 0 Å². The topological polar surface area (TPSA) is 20.2 Å². The molecule has 0 aromatic carbocycles. The van der Waals surface area contributed by atoms with Gasteiger partial charge in [0.05, 0.1) is 6.10 Å². The molecule has 1 N–H and O–H groups in total. The SMILES string of the molecule is CCCCC/C=C\C/C=C\CCCCCCC(O)CC(C)C. The zero-order valence-corrected chi connectivity index (χ0v) is 15.4. The molecule has 1 nitrogen and oxygen atoms in total. The first-order valence-corrected chi connectivity index (χ1v) is 9.64. The van der Waals surface area contributed by atoms with Gasteiger partial charge >= 0.3 is 0 Å². The third-order valence-corrected chi connectivity index (χ3v) is 3.98. The predicted molar refractivity (Wildman–Crippen MR) is 100 cm³/mol. The van der Waals surface area contributed by atoms with Crippen LogP contribution >= 0.6 is 0 Å². The van der Waals surface area contributed by atoms with Crippen LogP contribution in [0.1, 0.15) is 97.8 Å². The van der Waals surface area contributed by atoms with Gasteiger partial charge in [0.1, 0.15) is 0 Å². The minimum atomic E-state index is -0.0796. The summed E-state index contributed by atoms with van der Waals surface area (Å²) < 4.78 is 0. The Morgan fingerprint density at radius 2 is 1.36 bits per heavy atom. The molecular weight excluding hydrogens is 268 g/mol. The summed E-state index contributed by atoms with van der Waals surface area (Å²) in [5.41, 5.74) is 0. The molecule has 0 heterocycles. The molecule has 0 rings (SSSR count). The standard InChI is InChI=1S/C21H40O/c1-4-5-6-7-8-9-10-11-12-13-14-15-16-17-18-21(22)19-20(2)3/h8-9,11-12,20-22H,4-7,10,13-19H2,1-3H3/b9-8-,12-11-. The zero-order valence-electron chi connectivity index (χ0n) is 15.4. The third-order valence-electron chi connectivity index (χ3n) is 3.98. The van der Waals surface area contributed by atoms with E-state index < -0.39 is 0 Å². The second-order valence-corrected chi connectivity index (χ2v) is 6.95. The van der Waals surface area contributed by atoms with E-state index >= 15 is 0 Å². The van der Waals surface area contributed by atoms with Crippen molar-refractivity contribution >= 4 is 0 Å². The molecule has 130 valence electrons. The van der Waals surface area contributed by atoms with Gasteiger partial charge in [-0.15, -0.1) is 0 Å². The van der Waals surface area contributed by atoms with Gasteiger partial charge in [0.15, 0.2) is 0 Å². The average molecular weight is 309 g/mol. The van der Waals surface area contributed by atoms with Gasteiger partial charge in [-0.3, -0.25) is 0 Å². The number of unbranched alkanes of at least 4 members (excludes halogenated alkanes) is 7. The molecule has 0 bridgehead atoms. The summed E-state index contributed by atoms with van der Waals surface area (Å²) >= 11 is 0. The fourth-order valence-corrected chi connectivity index (χ4v) is 2.68. The van der Waals surface area contributed by atoms with Gasteiger partial charge in [0.2, 0.25) is 0 Å². The van der Waals surface area contributed by atoms with Crippen LogP contribution in [0.15, 0.2) is 24.3 Å². The lowest BCUT2D eigenvalue weighted by Crippen LogP contribution is -2.09. The molecule has 1 unspecified atom stereocenters. The Morgan fingerprint density at radius 1 is 0.773 bits per heavy atom. The van der Waals surface area contributed by atoms with Crippen LogP contribution < -0.4 is 0 Å². The summed E-state index contributed by atoms with van der Waals surface area (Å²) in [5, 5.41) is 9.79. The van der Waals surface area contributed by atoms with E-state index in [1.165, 1.54) is 57.8 Å². The van der Waals surface area contributed by atoms with Crippen LogP contribution in [-0.2, 0) is 0 Å². The molecule has 0 saturated heterocycles. The van der Waals surface area contributed by atoms with Crippen molar-refractivity contribution in [2.45, 2.75) is 104 Å². The maximum absolute atomic E-state index is 9.79. The Morgan fingerprint density at radius 3 is 1.95 bits per heavy atom. The van der Waals surface area contributed by atoms with Crippen LogP contribution in [0.3, 0.4) is 0 Å². The van der Waals surface area contributed by atoms with Crippen LogP contribution in [0.4, 0.5) is 0 Å². The first-order chi connectivity index (χ1) is 10.7. The molecule has 0 radical (unpaired) electrons. The van der Waals surface area contributed by atoms with Crippen molar-refractivity contribution in [1.29, 1.82) is 0 Å². The molecule has 0 spiro atoms. The van der Waals surface area contributed by atoms with Crippen molar-refractivity contribution in [2.75, 3.05) is 0 Å². The Kier molecular flexibility index (Phi) is 16.4. The lowest BCUT2D eigenvalue weighted by Gasteiger charge is -2.12. The molecule has 22 heavy (non-hydrogen) atoms. The number of hydrogen-bond acceptors (Lipinski definition) is 1. The van der Waals surface area contributed by atoms with Crippen molar-refractivity contribution in [1.82, 2.24) is 0 Å². The van der Waals surface area contributed by atoms with Gasteiger partial charge in [-0.05, 0) is 50.9 Å². The largest absolute Gasteiger partial charge is 0.393 e. The zero-order chi connectivity index (χ0) is 16.5. The number of hydrogen-bond donors (Lipinski definition) is 1. The van der Waals surface area contributed by atoms with E-state index in [0.717, 1.165) is 19.3 Å². The first kappa shape index (κ1) is 21.4. The first-order valence-electron chi connectivity index (χ1n) is 9.64. The quantitative estimate of drug-likeness (QED) is 0.260. The van der Waals surface area contributed by atoms with E-state index in [4.69, 9.17) is 0 Å². The molecule has 0 aromatic heterocycles. The number of aliphatic hydroxyl groups excluding tert-OH is 1. The molecule has 0 aliphatic heterocycles. The van der Waals surface area contributed by atoms with E-state index in [1.54, 1.807) is 0 Å². The monoisotopic (exact) mass is 308 g/mol. The highest BCUT2D eigenvalue weighted by molar-refractivity contribution is 4.92. The second kappa shape index (κ2) is 16.8. The Bertz CT molecular complexity index is 265. The minimum absolute atomic E-state index is 0.0796. The van der Waals surface area contributed by atoms with Gasteiger partial charge in [-0.1, -0.05) is 77.2 Å². The Labute approximate surface area is 139 Å². The van der Waals surface area contributed by atoms with Crippen molar-refractivity contribution in [3.63, 3.8) is 0 Å². The van der Waals surface area contributed by atoms with E-state index in [-0.39, 0.29) is 6.10 Å². The highest BCUT2D eigenvalue weighted by Gasteiger charge is 2.05. The van der Waals surface area contributed by atoms with Crippen LogP contribution in [0.25, 0.3) is 0 Å². The highest BCUT2D eigenvalue weighted by atomic mass is 16.3. The smallest absolute Gasteiger partial charge is 0.0542 e. The van der Waals surface area contributed by atoms with Gasteiger partial charge in [-0.25, -0.2) is 0 Å². The fourth-order valence-electron chi connectivity index (χ4n) is 2.68. The second-order valence-electron chi connectivity index (χ2n) is 6.95. The fraction of sp³-hybridized carbons (Fsp3) is 0.810. The molecule has 0 aliphatic carbocycles. The molecule has 1 atom stereocenters. The predicted octanol–water partition coefficient (Wildman–Crippen LogP) is 6.82. The van der Waals surface area contributed by atoms with E-state index in [2.05, 4.69) is 45.1 Å². The van der Waals surface area contributed by atoms with Crippen LogP contribution in [-0.4, -0.2) is 11.2 Å². The summed E-state index contributed by atoms with van der Waals surface area (Å²) in [6.45, 7) is 6.60. The molecule has 0 fully saturated rings. The third kappa shape index (κ3) is 17.5. The lowest BCUT2D eigenvalue weighted by molar-refractivity contribution is 0.136. The van der Waals surface area contributed by atoms with Crippen molar-refractivity contribution in [3.05, 3.63) is 24.3 Å². The van der Waals surface area contributed by atoms with Gasteiger partial charge in [0, 0.05) is 0 Å². The summed E-state index contributed by atoms with van der Waals surface area (Å²) in [4.78, 5) is 0. The maximum atomic E-state index is 9.79. The van der Waals surface area contributed by atoms with Gasteiger partial charge in [0.25, 0.3) is 0 Å². The van der Waals surface area contributed by atoms with Crippen LogP contribution in [0.5, 0.6) is 0 Å². The molecule has 0 aliphatic rings. The van der Waals surface area contributed by atoms with Crippen LogP contribution in [0, 0.1) is 5.92 Å². The number of rotatable bonds is 15. The van der Waals surface area contributed by atoms with Crippen molar-refractivity contribution < 1.29 is 5.11 Å². The summed E-state index contributed by atoms with van der Waals surface area (Å²) in [5.74, 6) is 0.612. The Balaban J connectivity index is 3.27. The van der Waals surface area contributed by atoms with Crippen LogP contribution in [0.2, 0.25) is 0 Å². The van der Waals surface area contributed by atoms with Gasteiger partial charge in [-0.2, -0.15) is 0 Å². The van der Waals surface area contributed by atoms with Crippen molar-refractivity contribution in [3.8, 4) is 0 Å². The number of allylic oxidation sites excluding steroid dienone is 4. The minimum Gasteiger partial charge on any atom is -0.393 e. The highest BCUT2D eigenvalue weighted by Crippen LogP contribution is 2.13. The van der Waals surface area contributed by atoms with E-state index in [9.17, 15) is 5.11 Å². The lowest BCUT2D eigenvalue weighted by atomic mass is 10.0.